The van der Waals surface area contributed by atoms with E-state index in [1.165, 1.54) is 0 Å². The third-order valence-corrected chi connectivity index (χ3v) is 5.66. The number of aromatic nitrogens is 2. The fourth-order valence-electron chi connectivity index (χ4n) is 3.31. The van der Waals surface area contributed by atoms with Gasteiger partial charge in [-0.1, -0.05) is 0 Å². The Morgan fingerprint density at radius 3 is 2.14 bits per heavy atom. The monoisotopic (exact) mass is 391 g/mol. The van der Waals surface area contributed by atoms with Crippen molar-refractivity contribution in [2.75, 3.05) is 24.6 Å². The maximum absolute atomic E-state index is 12.8. The normalized spacial score (nSPS) is 14.5. The molecule has 4 heterocycles. The number of fused-ring (bicyclic) bond motifs is 1. The zero-order chi connectivity index (χ0) is 18.9. The number of rotatable bonds is 3. The molecule has 0 atom stereocenters. The molecule has 0 unspecified atom stereocenters. The van der Waals surface area contributed by atoms with Gasteiger partial charge in [-0.15, -0.1) is 0 Å². The van der Waals surface area contributed by atoms with Crippen molar-refractivity contribution in [1.82, 2.24) is 14.9 Å². The van der Waals surface area contributed by atoms with E-state index < -0.39 is 0 Å². The molecular formula is C21H17N3O3S. The summed E-state index contributed by atoms with van der Waals surface area (Å²) < 4.78 is 11.1. The van der Waals surface area contributed by atoms with Crippen LogP contribution >= 0.6 is 11.8 Å². The summed E-state index contributed by atoms with van der Waals surface area (Å²) in [4.78, 5) is 24.3. The van der Waals surface area contributed by atoms with Gasteiger partial charge < -0.3 is 13.7 Å². The average Bonchev–Trinajstić information content (AvgIpc) is 3.46. The van der Waals surface area contributed by atoms with Gasteiger partial charge in [0.1, 0.15) is 11.4 Å². The van der Waals surface area contributed by atoms with Crippen LogP contribution in [0.5, 0.6) is 0 Å². The molecule has 140 valence electrons. The highest BCUT2D eigenvalue weighted by Gasteiger charge is 2.21. The average molecular weight is 391 g/mol. The van der Waals surface area contributed by atoms with Crippen molar-refractivity contribution in [2.45, 2.75) is 0 Å². The maximum Gasteiger partial charge on any atom is 0.253 e. The van der Waals surface area contributed by atoms with Gasteiger partial charge in [-0.25, -0.2) is 9.97 Å². The minimum Gasteiger partial charge on any atom is -0.463 e. The molecule has 5 rings (SSSR count). The van der Waals surface area contributed by atoms with Crippen LogP contribution in [0, 0.1) is 0 Å². The van der Waals surface area contributed by atoms with Gasteiger partial charge >= 0.3 is 0 Å². The Balaban J connectivity index is 1.61. The van der Waals surface area contributed by atoms with Crippen molar-refractivity contribution in [3.8, 4) is 22.9 Å². The minimum absolute atomic E-state index is 0.0404. The molecule has 1 aliphatic heterocycles. The number of hydrogen-bond donors (Lipinski definition) is 0. The smallest absolute Gasteiger partial charge is 0.253 e. The number of amides is 1. The van der Waals surface area contributed by atoms with Crippen LogP contribution in [0.15, 0.2) is 63.8 Å². The summed E-state index contributed by atoms with van der Waals surface area (Å²) in [7, 11) is 0. The minimum atomic E-state index is 0.0404. The third kappa shape index (κ3) is 3.07. The van der Waals surface area contributed by atoms with E-state index in [0.29, 0.717) is 39.5 Å². The Morgan fingerprint density at radius 2 is 1.54 bits per heavy atom. The van der Waals surface area contributed by atoms with Crippen molar-refractivity contribution in [3.05, 3.63) is 60.6 Å². The summed E-state index contributed by atoms with van der Waals surface area (Å²) in [6.45, 7) is 1.56. The van der Waals surface area contributed by atoms with Crippen LogP contribution < -0.4 is 0 Å². The molecule has 1 aliphatic rings. The first-order chi connectivity index (χ1) is 13.8. The molecule has 4 aromatic rings. The highest BCUT2D eigenvalue weighted by Crippen LogP contribution is 2.31. The van der Waals surface area contributed by atoms with Crippen LogP contribution in [0.2, 0.25) is 0 Å². The molecule has 0 saturated carbocycles. The third-order valence-electron chi connectivity index (χ3n) is 4.72. The van der Waals surface area contributed by atoms with Crippen molar-refractivity contribution in [2.24, 2.45) is 0 Å². The number of nitrogens with zero attached hydrogens (tertiary/aromatic N) is 3. The van der Waals surface area contributed by atoms with Gasteiger partial charge in [0, 0.05) is 30.2 Å². The summed E-state index contributed by atoms with van der Waals surface area (Å²) in [5.74, 6) is 3.22. The van der Waals surface area contributed by atoms with Gasteiger partial charge in [0.05, 0.1) is 23.6 Å². The molecule has 28 heavy (non-hydrogen) atoms. The summed E-state index contributed by atoms with van der Waals surface area (Å²) >= 11 is 1.88. The number of thioether (sulfide) groups is 1. The van der Waals surface area contributed by atoms with E-state index in [4.69, 9.17) is 18.8 Å². The summed E-state index contributed by atoms with van der Waals surface area (Å²) in [5, 5.41) is 0. The van der Waals surface area contributed by atoms with Crippen molar-refractivity contribution < 1.29 is 13.6 Å². The predicted molar refractivity (Wildman–Crippen MR) is 108 cm³/mol. The van der Waals surface area contributed by atoms with E-state index >= 15 is 0 Å². The Bertz CT molecular complexity index is 1120. The molecule has 0 N–H and O–H groups in total. The number of hydrogen-bond acceptors (Lipinski definition) is 6. The van der Waals surface area contributed by atoms with Crippen LogP contribution in [0.1, 0.15) is 10.4 Å². The zero-order valence-corrected chi connectivity index (χ0v) is 15.8. The zero-order valence-electron chi connectivity index (χ0n) is 15.0. The quantitative estimate of drug-likeness (QED) is 0.517. The molecule has 1 amide bonds. The molecule has 0 bridgehead atoms. The summed E-state index contributed by atoms with van der Waals surface area (Å²) in [6.07, 6.45) is 3.20. The van der Waals surface area contributed by atoms with Gasteiger partial charge in [0.2, 0.25) is 0 Å². The van der Waals surface area contributed by atoms with Gasteiger partial charge in [0.25, 0.3) is 5.91 Å². The van der Waals surface area contributed by atoms with E-state index in [1.807, 2.05) is 53.1 Å². The summed E-state index contributed by atoms with van der Waals surface area (Å²) in [5.41, 5.74) is 3.18. The Hall–Kier alpha value is -3.06. The van der Waals surface area contributed by atoms with Gasteiger partial charge in [0.15, 0.2) is 11.5 Å². The molecule has 1 fully saturated rings. The lowest BCUT2D eigenvalue weighted by Gasteiger charge is -2.26. The van der Waals surface area contributed by atoms with Crippen LogP contribution in [-0.2, 0) is 0 Å². The van der Waals surface area contributed by atoms with Crippen molar-refractivity contribution in [1.29, 1.82) is 0 Å². The fraction of sp³-hybridized carbons (Fsp3) is 0.190. The van der Waals surface area contributed by atoms with Crippen LogP contribution in [0.4, 0.5) is 0 Å². The van der Waals surface area contributed by atoms with Crippen molar-refractivity contribution >= 4 is 28.7 Å². The lowest BCUT2D eigenvalue weighted by Crippen LogP contribution is -2.37. The van der Waals surface area contributed by atoms with Gasteiger partial charge in [-0.3, -0.25) is 4.79 Å². The summed E-state index contributed by atoms with van der Waals surface area (Å²) in [6, 6.07) is 12.8. The molecule has 0 radical (unpaired) electrons. The van der Waals surface area contributed by atoms with E-state index in [9.17, 15) is 4.79 Å². The molecular weight excluding hydrogens is 374 g/mol. The Morgan fingerprint density at radius 1 is 0.893 bits per heavy atom. The molecule has 1 aromatic carbocycles. The van der Waals surface area contributed by atoms with Crippen LogP contribution in [0.3, 0.4) is 0 Å². The Kier molecular flexibility index (Phi) is 4.37. The van der Waals surface area contributed by atoms with E-state index in [1.54, 1.807) is 18.6 Å². The van der Waals surface area contributed by atoms with E-state index in [2.05, 4.69) is 0 Å². The molecule has 0 spiro atoms. The molecule has 3 aromatic heterocycles. The maximum atomic E-state index is 12.8. The van der Waals surface area contributed by atoms with Crippen molar-refractivity contribution in [3.63, 3.8) is 0 Å². The lowest BCUT2D eigenvalue weighted by atomic mass is 10.1. The van der Waals surface area contributed by atoms with Gasteiger partial charge in [-0.2, -0.15) is 11.8 Å². The standard InChI is InChI=1S/C21H17N3O3S/c25-21(24-7-11-28-12-8-24)14-5-6-15-16(13-14)23-20(18-4-2-10-27-18)19(22-15)17-3-1-9-26-17/h1-6,9-10,13H,7-8,11-12H2. The second kappa shape index (κ2) is 7.16. The molecule has 6 nitrogen and oxygen atoms in total. The van der Waals surface area contributed by atoms with Crippen LogP contribution in [0.25, 0.3) is 33.9 Å². The molecule has 0 aliphatic carbocycles. The number of carbonyl (C=O) groups is 1. The topological polar surface area (TPSA) is 72.4 Å². The van der Waals surface area contributed by atoms with Gasteiger partial charge in [-0.05, 0) is 42.5 Å². The molecule has 1 saturated heterocycles. The SMILES string of the molecule is O=C(c1ccc2nc(-c3ccco3)c(-c3ccco3)nc2c1)N1CCSCC1. The fourth-order valence-corrected chi connectivity index (χ4v) is 4.21. The first-order valence-corrected chi connectivity index (χ1v) is 10.2. The van der Waals surface area contributed by atoms with E-state index in [0.717, 1.165) is 24.6 Å². The first kappa shape index (κ1) is 17.1. The Labute approximate surface area is 165 Å². The largest absolute Gasteiger partial charge is 0.463 e. The number of furan rings is 2. The first-order valence-electron chi connectivity index (χ1n) is 9.06. The lowest BCUT2D eigenvalue weighted by molar-refractivity contribution is 0.0772. The predicted octanol–water partition coefficient (Wildman–Crippen LogP) is 4.34. The number of benzene rings is 1. The second-order valence-corrected chi connectivity index (χ2v) is 7.71. The second-order valence-electron chi connectivity index (χ2n) is 6.48. The highest BCUT2D eigenvalue weighted by molar-refractivity contribution is 7.99. The molecule has 7 heteroatoms. The highest BCUT2D eigenvalue weighted by atomic mass is 32.2. The van der Waals surface area contributed by atoms with E-state index in [-0.39, 0.29) is 5.91 Å². The number of carbonyl (C=O) groups excluding carboxylic acids is 1. The van der Waals surface area contributed by atoms with Crippen LogP contribution in [-0.4, -0.2) is 45.4 Å².